The number of fused-ring (bicyclic) bond motifs is 4. The van der Waals surface area contributed by atoms with E-state index in [9.17, 15) is 19.8 Å². The first-order valence-corrected chi connectivity index (χ1v) is 13.4. The van der Waals surface area contributed by atoms with Crippen LogP contribution < -0.4 is 10.2 Å². The number of anilines is 1. The number of ether oxygens (including phenoxy) is 3. The van der Waals surface area contributed by atoms with Crippen LogP contribution >= 0.6 is 11.6 Å². The molecule has 0 aromatic heterocycles. The Hall–Kier alpha value is -2.43. The molecule has 4 aliphatic heterocycles. The Labute approximate surface area is 227 Å². The van der Waals surface area contributed by atoms with Gasteiger partial charge in [-0.15, -0.1) is 0 Å². The van der Waals surface area contributed by atoms with E-state index in [0.29, 0.717) is 35.5 Å². The molecule has 5 rings (SSSR count). The van der Waals surface area contributed by atoms with E-state index in [1.54, 1.807) is 13.1 Å². The first-order valence-electron chi connectivity index (χ1n) is 13.0. The van der Waals surface area contributed by atoms with Crippen LogP contribution in [0.4, 0.5) is 10.5 Å². The van der Waals surface area contributed by atoms with Gasteiger partial charge >= 0.3 is 6.09 Å². The lowest BCUT2D eigenvalue weighted by molar-refractivity contribution is -0.118. The normalized spacial score (nSPS) is 39.2. The topological polar surface area (TPSA) is 124 Å². The van der Waals surface area contributed by atoms with E-state index in [1.165, 1.54) is 4.90 Å². The molecule has 9 nitrogen and oxygen atoms in total. The van der Waals surface area contributed by atoms with Crippen LogP contribution in [0.2, 0.25) is 5.02 Å². The number of hydrogen-bond acceptors (Lipinski definition) is 7. The standard InChI is InChI=1S/C28H35ClN2O7/c1-16-6-5-8-27(15-33)28(38-27)13-21(36-25(35)30-28)17(2)24-26(3,37-24)9-7-22(34)31(4)20-12-18(10-16)11-19(14-32)23(20)29/h5-6,8,11-12,17,21,24,32-33H,7,9-10,13-15H2,1-4H3,(H,30,35)/b8-5+,16-6+/t17-,21+,24+,26+,27-,28+/m1/s1. The molecule has 3 fully saturated rings. The molecule has 2 amide bonds. The number of carbonyl (C=O) groups is 2. The van der Waals surface area contributed by atoms with Crippen molar-refractivity contribution in [3.8, 4) is 0 Å². The predicted molar refractivity (Wildman–Crippen MR) is 141 cm³/mol. The summed E-state index contributed by atoms with van der Waals surface area (Å²) in [5.74, 6) is -0.265. The van der Waals surface area contributed by atoms with Gasteiger partial charge in [0, 0.05) is 25.8 Å². The van der Waals surface area contributed by atoms with E-state index in [1.807, 2.05) is 45.1 Å². The van der Waals surface area contributed by atoms with Crippen LogP contribution in [0.25, 0.3) is 0 Å². The Morgan fingerprint density at radius 1 is 1.26 bits per heavy atom. The van der Waals surface area contributed by atoms with Crippen LogP contribution in [-0.4, -0.2) is 65.0 Å². The number of alkyl carbamates (subject to hydrolysis) is 1. The quantitative estimate of drug-likeness (QED) is 0.486. The second-order valence-electron chi connectivity index (χ2n) is 11.2. The summed E-state index contributed by atoms with van der Waals surface area (Å²) in [5.41, 5.74) is 0.355. The second kappa shape index (κ2) is 9.64. The first-order chi connectivity index (χ1) is 18.0. The van der Waals surface area contributed by atoms with Crippen molar-refractivity contribution in [1.82, 2.24) is 5.32 Å². The number of hydrogen-bond donors (Lipinski definition) is 3. The highest BCUT2D eigenvalue weighted by atomic mass is 35.5. The van der Waals surface area contributed by atoms with E-state index < -0.39 is 29.1 Å². The van der Waals surface area contributed by atoms with E-state index in [4.69, 9.17) is 25.8 Å². The van der Waals surface area contributed by atoms with Crippen molar-refractivity contribution in [2.45, 2.75) is 82.2 Å². The molecular weight excluding hydrogens is 512 g/mol. The second-order valence-corrected chi connectivity index (χ2v) is 11.6. The van der Waals surface area contributed by atoms with Gasteiger partial charge in [-0.2, -0.15) is 0 Å². The molecule has 3 saturated heterocycles. The minimum atomic E-state index is -1.05. The third-order valence-corrected chi connectivity index (χ3v) is 8.88. The fraction of sp³-hybridized carbons (Fsp3) is 0.571. The van der Waals surface area contributed by atoms with Crippen LogP contribution in [-0.2, 0) is 32.0 Å². The number of benzene rings is 1. The van der Waals surface area contributed by atoms with Crippen LogP contribution in [0, 0.1) is 5.92 Å². The van der Waals surface area contributed by atoms with Gasteiger partial charge in [-0.05, 0) is 50.0 Å². The summed E-state index contributed by atoms with van der Waals surface area (Å²) in [7, 11) is 1.69. The molecule has 38 heavy (non-hydrogen) atoms. The van der Waals surface area contributed by atoms with Crippen LogP contribution in [0.1, 0.15) is 51.2 Å². The number of halogens is 1. The number of nitrogens with one attached hydrogen (secondary N) is 1. The number of amides is 2. The summed E-state index contributed by atoms with van der Waals surface area (Å²) in [6.07, 6.45) is 5.86. The summed E-state index contributed by atoms with van der Waals surface area (Å²) in [6.45, 7) is 5.34. The van der Waals surface area contributed by atoms with Crippen molar-refractivity contribution in [1.29, 1.82) is 0 Å². The van der Waals surface area contributed by atoms with Gasteiger partial charge in [0.15, 0.2) is 11.3 Å². The molecule has 1 aromatic rings. The Morgan fingerprint density at radius 3 is 2.74 bits per heavy atom. The van der Waals surface area contributed by atoms with E-state index in [0.717, 1.165) is 11.1 Å². The number of epoxide rings is 2. The molecule has 4 bridgehead atoms. The van der Waals surface area contributed by atoms with Gasteiger partial charge in [0.2, 0.25) is 5.91 Å². The van der Waals surface area contributed by atoms with Gasteiger partial charge in [-0.3, -0.25) is 10.1 Å². The molecule has 6 atom stereocenters. The maximum absolute atomic E-state index is 13.2. The fourth-order valence-corrected chi connectivity index (χ4v) is 6.22. The zero-order valence-corrected chi connectivity index (χ0v) is 22.9. The summed E-state index contributed by atoms with van der Waals surface area (Å²) in [4.78, 5) is 27.3. The molecule has 0 saturated carbocycles. The molecule has 0 radical (unpaired) electrons. The zero-order chi connectivity index (χ0) is 27.5. The molecule has 1 aromatic carbocycles. The minimum absolute atomic E-state index is 0.115. The molecule has 4 heterocycles. The number of nitrogens with zero attached hydrogens (tertiary/aromatic N) is 1. The highest BCUT2D eigenvalue weighted by Gasteiger charge is 2.73. The number of aliphatic hydroxyl groups excluding tert-OH is 2. The minimum Gasteiger partial charge on any atom is -0.446 e. The molecular formula is C28H35ClN2O7. The molecule has 0 unspecified atom stereocenters. The maximum Gasteiger partial charge on any atom is 0.409 e. The fourth-order valence-electron chi connectivity index (χ4n) is 5.93. The Balaban J connectivity index is 1.51. The third-order valence-electron chi connectivity index (χ3n) is 8.45. The summed E-state index contributed by atoms with van der Waals surface area (Å²) >= 11 is 6.58. The molecule has 1 spiro atoms. The summed E-state index contributed by atoms with van der Waals surface area (Å²) in [5, 5.41) is 23.3. The maximum atomic E-state index is 13.2. The summed E-state index contributed by atoms with van der Waals surface area (Å²) in [6, 6.07) is 3.71. The van der Waals surface area contributed by atoms with Gasteiger partial charge in [0.05, 0.1) is 35.6 Å². The highest BCUT2D eigenvalue weighted by molar-refractivity contribution is 6.34. The molecule has 3 N–H and O–H groups in total. The zero-order valence-electron chi connectivity index (χ0n) is 22.1. The van der Waals surface area contributed by atoms with Gasteiger partial charge in [0.1, 0.15) is 6.10 Å². The lowest BCUT2D eigenvalue weighted by Gasteiger charge is -2.33. The van der Waals surface area contributed by atoms with Crippen LogP contribution in [0.15, 0.2) is 35.9 Å². The highest BCUT2D eigenvalue weighted by Crippen LogP contribution is 2.54. The number of aliphatic hydroxyl groups is 2. The van der Waals surface area contributed by atoms with Crippen molar-refractivity contribution >= 4 is 29.3 Å². The van der Waals surface area contributed by atoms with Crippen molar-refractivity contribution in [2.75, 3.05) is 18.6 Å². The van der Waals surface area contributed by atoms with Crippen molar-refractivity contribution < 1.29 is 34.0 Å². The number of rotatable bonds is 2. The third kappa shape index (κ3) is 4.64. The Bertz CT molecular complexity index is 1220. The Morgan fingerprint density at radius 2 is 2.03 bits per heavy atom. The lowest BCUT2D eigenvalue weighted by Crippen LogP contribution is -2.54. The van der Waals surface area contributed by atoms with Gasteiger partial charge in [-0.1, -0.05) is 42.3 Å². The SMILES string of the molecule is C/C1=C\C=C\[C@]2(CO)O[C@@]23C[C@H](OC(=O)N3)[C@@H](C)[C@@H]2O[C@@]2(C)CCC(=O)N(C)c2cc(cc(CO)c2Cl)C1. The monoisotopic (exact) mass is 546 g/mol. The van der Waals surface area contributed by atoms with Crippen molar-refractivity contribution in [2.24, 2.45) is 5.92 Å². The molecule has 4 aliphatic rings. The predicted octanol–water partition coefficient (Wildman–Crippen LogP) is 3.38. The largest absolute Gasteiger partial charge is 0.446 e. The lowest BCUT2D eigenvalue weighted by atomic mass is 9.84. The van der Waals surface area contributed by atoms with Crippen molar-refractivity contribution in [3.63, 3.8) is 0 Å². The smallest absolute Gasteiger partial charge is 0.409 e. The molecule has 0 aliphatic carbocycles. The number of allylic oxidation sites excluding steroid dienone is 3. The average Bonchev–Trinajstić information content (AvgIpc) is 3.74. The van der Waals surface area contributed by atoms with Gasteiger partial charge in [-0.25, -0.2) is 4.79 Å². The first kappa shape index (κ1) is 27.1. The molecule has 206 valence electrons. The van der Waals surface area contributed by atoms with Crippen LogP contribution in [0.5, 0.6) is 0 Å². The number of carbonyl (C=O) groups excluding carboxylic acids is 2. The summed E-state index contributed by atoms with van der Waals surface area (Å²) < 4.78 is 17.7. The van der Waals surface area contributed by atoms with Crippen LogP contribution in [0.3, 0.4) is 0 Å². The van der Waals surface area contributed by atoms with E-state index in [-0.39, 0.29) is 37.6 Å². The van der Waals surface area contributed by atoms with Gasteiger partial charge < -0.3 is 29.3 Å². The van der Waals surface area contributed by atoms with Crippen molar-refractivity contribution in [3.05, 3.63) is 52.1 Å². The Kier molecular flexibility index (Phi) is 6.89. The van der Waals surface area contributed by atoms with Gasteiger partial charge in [0.25, 0.3) is 0 Å². The van der Waals surface area contributed by atoms with E-state index in [2.05, 4.69) is 5.32 Å². The molecule has 10 heteroatoms. The average molecular weight is 547 g/mol. The van der Waals surface area contributed by atoms with E-state index >= 15 is 0 Å².